The third kappa shape index (κ3) is 3.17. The Morgan fingerprint density at radius 3 is 2.42 bits per heavy atom. The molecule has 1 saturated carbocycles. The minimum Gasteiger partial charge on any atom is -0.481 e. The van der Waals surface area contributed by atoms with Gasteiger partial charge < -0.3 is 15.7 Å². The number of aliphatic carboxylic acids is 1. The molecule has 0 bridgehead atoms. The van der Waals surface area contributed by atoms with Crippen molar-refractivity contribution in [3.63, 3.8) is 0 Å². The van der Waals surface area contributed by atoms with E-state index in [-0.39, 0.29) is 24.1 Å². The number of carbonyl (C=O) groups excluding carboxylic acids is 1. The molecule has 7 nitrogen and oxygen atoms in total. The maximum absolute atomic E-state index is 11.6. The first-order chi connectivity index (χ1) is 8.83. The summed E-state index contributed by atoms with van der Waals surface area (Å²) in [6.07, 6.45) is 2.41. The summed E-state index contributed by atoms with van der Waals surface area (Å²) in [4.78, 5) is 22.7. The third-order valence-corrected chi connectivity index (χ3v) is 5.69. The monoisotopic (exact) mass is 290 g/mol. The number of hydrogen-bond acceptors (Lipinski definition) is 4. The molecule has 108 valence electrons. The maximum atomic E-state index is 11.6. The van der Waals surface area contributed by atoms with Crippen LogP contribution in [0.15, 0.2) is 0 Å². The van der Waals surface area contributed by atoms with Crippen molar-refractivity contribution in [1.82, 2.24) is 10.6 Å². The van der Waals surface area contributed by atoms with Crippen LogP contribution >= 0.6 is 0 Å². The van der Waals surface area contributed by atoms with Crippen molar-refractivity contribution in [2.24, 2.45) is 5.41 Å². The topological polar surface area (TPSA) is 113 Å². The minimum absolute atomic E-state index is 0.0372. The summed E-state index contributed by atoms with van der Waals surface area (Å²) in [5.41, 5.74) is -0.834. The molecule has 1 atom stereocenters. The van der Waals surface area contributed by atoms with Gasteiger partial charge in [0.2, 0.25) is 0 Å². The van der Waals surface area contributed by atoms with Crippen LogP contribution in [-0.2, 0) is 14.6 Å². The molecular formula is C11H18N2O5S. The van der Waals surface area contributed by atoms with Crippen molar-refractivity contribution in [2.75, 3.05) is 18.1 Å². The van der Waals surface area contributed by atoms with Crippen LogP contribution in [0.25, 0.3) is 0 Å². The quantitative estimate of drug-likeness (QED) is 0.659. The van der Waals surface area contributed by atoms with Crippen LogP contribution in [0.4, 0.5) is 4.79 Å². The van der Waals surface area contributed by atoms with Crippen LogP contribution in [0.5, 0.6) is 0 Å². The highest BCUT2D eigenvalue weighted by Gasteiger charge is 2.44. The number of hydrogen-bond donors (Lipinski definition) is 3. The maximum Gasteiger partial charge on any atom is 0.315 e. The van der Waals surface area contributed by atoms with Crippen molar-refractivity contribution in [3.05, 3.63) is 0 Å². The van der Waals surface area contributed by atoms with Crippen LogP contribution in [0, 0.1) is 5.41 Å². The second kappa shape index (κ2) is 4.99. The van der Waals surface area contributed by atoms with E-state index in [1.807, 2.05) is 0 Å². The average molecular weight is 290 g/mol. The summed E-state index contributed by atoms with van der Waals surface area (Å²) in [6, 6.07) is -0.859. The highest BCUT2D eigenvalue weighted by atomic mass is 32.2. The molecule has 0 aromatic rings. The Labute approximate surface area is 111 Å². The van der Waals surface area contributed by atoms with Gasteiger partial charge in [-0.2, -0.15) is 0 Å². The van der Waals surface area contributed by atoms with Crippen molar-refractivity contribution in [3.8, 4) is 0 Å². The van der Waals surface area contributed by atoms with E-state index in [2.05, 4.69) is 10.6 Å². The fraction of sp³-hybridized carbons (Fsp3) is 0.818. The first-order valence-corrected chi connectivity index (χ1v) is 8.13. The van der Waals surface area contributed by atoms with E-state index in [0.29, 0.717) is 19.3 Å². The number of nitrogens with one attached hydrogen (secondary N) is 2. The molecule has 2 rings (SSSR count). The molecule has 0 spiro atoms. The summed E-state index contributed by atoms with van der Waals surface area (Å²) in [6.45, 7) is 0.0909. The second-order valence-electron chi connectivity index (χ2n) is 5.37. The lowest BCUT2D eigenvalue weighted by molar-refractivity contribution is -0.153. The zero-order chi connectivity index (χ0) is 14.1. The summed E-state index contributed by atoms with van der Waals surface area (Å²) in [5, 5.41) is 14.2. The summed E-state index contributed by atoms with van der Waals surface area (Å²) < 4.78 is 22.5. The molecular weight excluding hydrogens is 272 g/mol. The smallest absolute Gasteiger partial charge is 0.315 e. The van der Waals surface area contributed by atoms with Crippen molar-refractivity contribution in [1.29, 1.82) is 0 Å². The predicted octanol–water partition coefficient (Wildman–Crippen LogP) is -0.272. The molecule has 2 amide bonds. The molecule has 0 radical (unpaired) electrons. The molecule has 8 heteroatoms. The number of rotatable bonds is 4. The third-order valence-electron chi connectivity index (χ3n) is 3.92. The van der Waals surface area contributed by atoms with Gasteiger partial charge in [0.25, 0.3) is 0 Å². The number of carboxylic acids is 1. The Hall–Kier alpha value is -1.31. The van der Waals surface area contributed by atoms with Crippen LogP contribution in [0.3, 0.4) is 0 Å². The Morgan fingerprint density at radius 1 is 1.32 bits per heavy atom. The van der Waals surface area contributed by atoms with E-state index >= 15 is 0 Å². The molecule has 0 aromatic carbocycles. The van der Waals surface area contributed by atoms with E-state index in [9.17, 15) is 18.0 Å². The van der Waals surface area contributed by atoms with E-state index < -0.39 is 27.3 Å². The molecule has 2 fully saturated rings. The van der Waals surface area contributed by atoms with Gasteiger partial charge in [0, 0.05) is 12.6 Å². The van der Waals surface area contributed by atoms with E-state index in [4.69, 9.17) is 5.11 Å². The number of carbonyl (C=O) groups is 2. The van der Waals surface area contributed by atoms with Gasteiger partial charge in [-0.15, -0.1) is 0 Å². The standard InChI is InChI=1S/C11H18N2O5S/c14-9(15)11(3-1-4-11)7-12-10(16)13-8-2-5-19(17,18)6-8/h8H,1-7H2,(H,14,15)(H2,12,13,16). The average Bonchev–Trinajstić information content (AvgIpc) is 2.55. The highest BCUT2D eigenvalue weighted by molar-refractivity contribution is 7.91. The molecule has 1 unspecified atom stereocenters. The van der Waals surface area contributed by atoms with Crippen LogP contribution < -0.4 is 10.6 Å². The Kier molecular flexibility index (Phi) is 3.71. The fourth-order valence-corrected chi connectivity index (χ4v) is 4.14. The van der Waals surface area contributed by atoms with E-state index in [0.717, 1.165) is 6.42 Å². The number of amides is 2. The molecule has 1 saturated heterocycles. The number of urea groups is 1. The van der Waals surface area contributed by atoms with E-state index in [1.54, 1.807) is 0 Å². The minimum atomic E-state index is -3.03. The summed E-state index contributed by atoms with van der Waals surface area (Å²) in [7, 11) is -3.03. The van der Waals surface area contributed by atoms with Crippen molar-refractivity contribution < 1.29 is 23.1 Å². The largest absolute Gasteiger partial charge is 0.481 e. The predicted molar refractivity (Wildman–Crippen MR) is 67.5 cm³/mol. The first kappa shape index (κ1) is 14.1. The molecule has 2 aliphatic rings. The molecule has 0 aromatic heterocycles. The first-order valence-electron chi connectivity index (χ1n) is 6.31. The van der Waals surface area contributed by atoms with Gasteiger partial charge in [-0.3, -0.25) is 4.79 Å². The highest BCUT2D eigenvalue weighted by Crippen LogP contribution is 2.40. The molecule has 1 aliphatic carbocycles. The van der Waals surface area contributed by atoms with Gasteiger partial charge in [0.05, 0.1) is 16.9 Å². The number of sulfone groups is 1. The molecule has 1 heterocycles. The number of carboxylic acid groups (broad SMARTS) is 1. The normalized spacial score (nSPS) is 27.3. The lowest BCUT2D eigenvalue weighted by Crippen LogP contribution is -2.51. The summed E-state index contributed by atoms with van der Waals surface area (Å²) in [5.74, 6) is -0.830. The SMILES string of the molecule is O=C(NCC1(C(=O)O)CCC1)NC1CCS(=O)(=O)C1. The Balaban J connectivity index is 1.78. The van der Waals surface area contributed by atoms with E-state index in [1.165, 1.54) is 0 Å². The van der Waals surface area contributed by atoms with Gasteiger partial charge in [0.1, 0.15) is 0 Å². The van der Waals surface area contributed by atoms with Gasteiger partial charge in [-0.05, 0) is 19.3 Å². The molecule has 1 aliphatic heterocycles. The van der Waals surface area contributed by atoms with Gasteiger partial charge in [-0.25, -0.2) is 13.2 Å². The van der Waals surface area contributed by atoms with Gasteiger partial charge >= 0.3 is 12.0 Å². The molecule has 3 N–H and O–H groups in total. The van der Waals surface area contributed by atoms with Crippen molar-refractivity contribution in [2.45, 2.75) is 31.7 Å². The van der Waals surface area contributed by atoms with Gasteiger partial charge in [0.15, 0.2) is 9.84 Å². The molecule has 19 heavy (non-hydrogen) atoms. The van der Waals surface area contributed by atoms with Crippen LogP contribution in [-0.4, -0.2) is 49.6 Å². The Morgan fingerprint density at radius 2 is 2.00 bits per heavy atom. The zero-order valence-electron chi connectivity index (χ0n) is 10.5. The zero-order valence-corrected chi connectivity index (χ0v) is 11.3. The fourth-order valence-electron chi connectivity index (χ4n) is 2.46. The second-order valence-corrected chi connectivity index (χ2v) is 7.59. The summed E-state index contributed by atoms with van der Waals surface area (Å²) >= 11 is 0. The van der Waals surface area contributed by atoms with Crippen molar-refractivity contribution >= 4 is 21.8 Å². The lowest BCUT2D eigenvalue weighted by atomic mass is 9.69. The van der Waals surface area contributed by atoms with Crippen LogP contribution in [0.2, 0.25) is 0 Å². The Bertz CT molecular complexity index is 483. The van der Waals surface area contributed by atoms with Gasteiger partial charge in [-0.1, -0.05) is 6.42 Å². The lowest BCUT2D eigenvalue weighted by Gasteiger charge is -2.37. The van der Waals surface area contributed by atoms with Crippen LogP contribution in [0.1, 0.15) is 25.7 Å².